The van der Waals surface area contributed by atoms with Gasteiger partial charge in [0.1, 0.15) is 16.4 Å². The average Bonchev–Trinajstić information content (AvgIpc) is 3.27. The van der Waals surface area contributed by atoms with Crippen LogP contribution in [0.15, 0.2) is 23.0 Å². The maximum absolute atomic E-state index is 12.5. The summed E-state index contributed by atoms with van der Waals surface area (Å²) in [7, 11) is 1.51. The van der Waals surface area contributed by atoms with Crippen LogP contribution in [0.5, 0.6) is 5.75 Å². The molecule has 0 aliphatic heterocycles. The molecule has 1 aromatic carbocycles. The van der Waals surface area contributed by atoms with Gasteiger partial charge in [0.05, 0.1) is 18.2 Å². The molecule has 0 fully saturated rings. The normalized spacial score (nSPS) is 12.6. The zero-order valence-electron chi connectivity index (χ0n) is 16.8. The molecule has 0 radical (unpaired) electrons. The summed E-state index contributed by atoms with van der Waals surface area (Å²) in [6.45, 7) is 1.40. The predicted octanol–water partition coefficient (Wildman–Crippen LogP) is 3.01. The summed E-state index contributed by atoms with van der Waals surface area (Å²) < 4.78 is 5.21. The Balaban J connectivity index is 1.44. The number of nitrogens with zero attached hydrogens (tertiary/aromatic N) is 1. The molecule has 0 atom stereocenters. The van der Waals surface area contributed by atoms with Crippen molar-refractivity contribution < 1.29 is 14.3 Å². The van der Waals surface area contributed by atoms with E-state index in [9.17, 15) is 14.4 Å². The molecule has 0 saturated heterocycles. The van der Waals surface area contributed by atoms with E-state index in [4.69, 9.17) is 4.74 Å². The first-order valence-corrected chi connectivity index (χ1v) is 10.5. The van der Waals surface area contributed by atoms with Crippen LogP contribution in [0.25, 0.3) is 10.2 Å². The van der Waals surface area contributed by atoms with Gasteiger partial charge in [-0.25, -0.2) is 4.98 Å². The molecule has 0 unspecified atom stereocenters. The largest absolute Gasteiger partial charge is 0.495 e. The fourth-order valence-corrected chi connectivity index (χ4v) is 4.97. The molecule has 8 nitrogen and oxygen atoms in total. The van der Waals surface area contributed by atoms with Crippen LogP contribution < -0.4 is 20.9 Å². The maximum atomic E-state index is 12.5. The summed E-state index contributed by atoms with van der Waals surface area (Å²) in [5.41, 5.74) is 2.04. The molecule has 0 bridgehead atoms. The number of benzene rings is 1. The van der Waals surface area contributed by atoms with Gasteiger partial charge in [-0.2, -0.15) is 0 Å². The summed E-state index contributed by atoms with van der Waals surface area (Å²) in [4.78, 5) is 45.7. The van der Waals surface area contributed by atoms with Gasteiger partial charge in [0.25, 0.3) is 5.56 Å². The standard InChI is InChI=1S/C21H22N4O4S/c1-11(26)22-14-10-12(6-7-15(14)29-2)23-18(27)9-8-17-24-20(28)19-13-4-3-5-16(13)30-21(19)25-17/h6-7,10H,3-5,8-9H2,1-2H3,(H,22,26)(H,23,27)(H,24,25,28). The number of methoxy groups -OCH3 is 1. The minimum absolute atomic E-state index is 0.120. The summed E-state index contributed by atoms with van der Waals surface area (Å²) in [6, 6.07) is 5.00. The van der Waals surface area contributed by atoms with Crippen LogP contribution in [0.2, 0.25) is 0 Å². The van der Waals surface area contributed by atoms with Gasteiger partial charge in [-0.05, 0) is 43.0 Å². The number of nitrogens with one attached hydrogen (secondary N) is 3. The van der Waals surface area contributed by atoms with Crippen LogP contribution in [-0.2, 0) is 28.9 Å². The smallest absolute Gasteiger partial charge is 0.259 e. The number of hydrogen-bond donors (Lipinski definition) is 3. The Bertz CT molecular complexity index is 1200. The van der Waals surface area contributed by atoms with E-state index in [2.05, 4.69) is 20.6 Å². The number of carbonyl (C=O) groups is 2. The van der Waals surface area contributed by atoms with Crippen LogP contribution >= 0.6 is 11.3 Å². The highest BCUT2D eigenvalue weighted by Crippen LogP contribution is 2.34. The quantitative estimate of drug-likeness (QED) is 0.561. The summed E-state index contributed by atoms with van der Waals surface area (Å²) in [6.07, 6.45) is 3.53. The van der Waals surface area contributed by atoms with Crippen LogP contribution in [0.4, 0.5) is 11.4 Å². The number of aromatic nitrogens is 2. The second-order valence-electron chi connectivity index (χ2n) is 7.19. The minimum atomic E-state index is -0.234. The maximum Gasteiger partial charge on any atom is 0.259 e. The molecule has 2 aromatic heterocycles. The number of thiophene rings is 1. The second-order valence-corrected chi connectivity index (χ2v) is 8.28. The van der Waals surface area contributed by atoms with E-state index in [0.717, 1.165) is 29.7 Å². The fraction of sp³-hybridized carbons (Fsp3) is 0.333. The van der Waals surface area contributed by atoms with Gasteiger partial charge in [-0.15, -0.1) is 11.3 Å². The van der Waals surface area contributed by atoms with E-state index < -0.39 is 0 Å². The predicted molar refractivity (Wildman–Crippen MR) is 117 cm³/mol. The molecule has 0 spiro atoms. The highest BCUT2D eigenvalue weighted by molar-refractivity contribution is 7.18. The Kier molecular flexibility index (Phi) is 5.54. The molecule has 3 aromatic rings. The van der Waals surface area contributed by atoms with Gasteiger partial charge in [-0.3, -0.25) is 14.4 Å². The van der Waals surface area contributed by atoms with Gasteiger partial charge in [-0.1, -0.05) is 0 Å². The van der Waals surface area contributed by atoms with Crippen molar-refractivity contribution in [2.75, 3.05) is 17.7 Å². The molecule has 9 heteroatoms. The van der Waals surface area contributed by atoms with Crippen LogP contribution in [-0.4, -0.2) is 28.9 Å². The zero-order valence-corrected chi connectivity index (χ0v) is 17.6. The molecule has 30 heavy (non-hydrogen) atoms. The van der Waals surface area contributed by atoms with Crippen LogP contribution in [0.1, 0.15) is 36.0 Å². The van der Waals surface area contributed by atoms with E-state index in [1.165, 1.54) is 18.9 Å². The number of hydrogen-bond acceptors (Lipinski definition) is 6. The highest BCUT2D eigenvalue weighted by Gasteiger charge is 2.21. The second kappa shape index (κ2) is 8.27. The molecule has 156 valence electrons. The molecule has 2 amide bonds. The van der Waals surface area contributed by atoms with Crippen molar-refractivity contribution in [3.63, 3.8) is 0 Å². The first-order chi connectivity index (χ1) is 14.4. The molecule has 1 aliphatic carbocycles. The lowest BCUT2D eigenvalue weighted by Gasteiger charge is -2.12. The summed E-state index contributed by atoms with van der Waals surface area (Å²) in [5.74, 6) is 0.560. The molecular weight excluding hydrogens is 404 g/mol. The van der Waals surface area contributed by atoms with E-state index in [0.29, 0.717) is 34.8 Å². The Morgan fingerprint density at radius 3 is 2.87 bits per heavy atom. The molecule has 3 N–H and O–H groups in total. The van der Waals surface area contributed by atoms with Crippen molar-refractivity contribution in [3.05, 3.63) is 44.8 Å². The van der Waals surface area contributed by atoms with Gasteiger partial charge in [0.2, 0.25) is 11.8 Å². The minimum Gasteiger partial charge on any atom is -0.495 e. The number of aryl methyl sites for hydroxylation is 3. The molecule has 2 heterocycles. The number of ether oxygens (including phenoxy) is 1. The van der Waals surface area contributed by atoms with Gasteiger partial charge in [0, 0.05) is 30.3 Å². The SMILES string of the molecule is COc1ccc(NC(=O)CCc2nc3sc4c(c3c(=O)[nH]2)CCC4)cc1NC(C)=O. The van der Waals surface area contributed by atoms with Crippen molar-refractivity contribution >= 4 is 44.7 Å². The molecule has 1 aliphatic rings. The van der Waals surface area contributed by atoms with Crippen molar-refractivity contribution in [1.29, 1.82) is 0 Å². The number of carbonyl (C=O) groups excluding carboxylic acids is 2. The zero-order chi connectivity index (χ0) is 21.3. The summed E-state index contributed by atoms with van der Waals surface area (Å²) in [5, 5.41) is 6.18. The third kappa shape index (κ3) is 4.06. The number of rotatable bonds is 6. The van der Waals surface area contributed by atoms with E-state index in [1.54, 1.807) is 29.5 Å². The van der Waals surface area contributed by atoms with E-state index in [1.807, 2.05) is 0 Å². The van der Waals surface area contributed by atoms with Crippen molar-refractivity contribution in [2.45, 2.75) is 39.0 Å². The van der Waals surface area contributed by atoms with Gasteiger partial charge < -0.3 is 20.4 Å². The lowest BCUT2D eigenvalue weighted by molar-refractivity contribution is -0.116. The third-order valence-electron chi connectivity index (χ3n) is 5.01. The van der Waals surface area contributed by atoms with Gasteiger partial charge in [0.15, 0.2) is 0 Å². The number of amides is 2. The summed E-state index contributed by atoms with van der Waals surface area (Å²) >= 11 is 1.58. The van der Waals surface area contributed by atoms with Gasteiger partial charge >= 0.3 is 0 Å². The molecule has 0 saturated carbocycles. The van der Waals surface area contributed by atoms with Crippen molar-refractivity contribution in [1.82, 2.24) is 9.97 Å². The number of fused-ring (bicyclic) bond motifs is 3. The molecular formula is C21H22N4O4S. The topological polar surface area (TPSA) is 113 Å². The number of anilines is 2. The lowest BCUT2D eigenvalue weighted by Crippen LogP contribution is -2.16. The Morgan fingerprint density at radius 1 is 1.27 bits per heavy atom. The third-order valence-corrected chi connectivity index (χ3v) is 6.19. The Morgan fingerprint density at radius 2 is 2.10 bits per heavy atom. The lowest BCUT2D eigenvalue weighted by atomic mass is 10.2. The van der Waals surface area contributed by atoms with Crippen molar-refractivity contribution in [3.8, 4) is 5.75 Å². The van der Waals surface area contributed by atoms with Crippen LogP contribution in [0.3, 0.4) is 0 Å². The van der Waals surface area contributed by atoms with E-state index >= 15 is 0 Å². The Labute approximate surface area is 176 Å². The molecule has 4 rings (SSSR count). The monoisotopic (exact) mass is 426 g/mol. The fourth-order valence-electron chi connectivity index (χ4n) is 3.69. The Hall–Kier alpha value is -3.20. The first-order valence-electron chi connectivity index (χ1n) is 9.73. The van der Waals surface area contributed by atoms with E-state index in [-0.39, 0.29) is 23.8 Å². The first kappa shape index (κ1) is 20.1. The average molecular weight is 426 g/mol. The van der Waals surface area contributed by atoms with Crippen molar-refractivity contribution in [2.24, 2.45) is 0 Å². The number of H-pyrrole nitrogens is 1. The van der Waals surface area contributed by atoms with Crippen LogP contribution in [0, 0.1) is 0 Å². The number of aromatic amines is 1. The highest BCUT2D eigenvalue weighted by atomic mass is 32.1.